The van der Waals surface area contributed by atoms with Crippen LogP contribution in [0.25, 0.3) is 0 Å². The van der Waals surface area contributed by atoms with Crippen molar-refractivity contribution < 1.29 is 19.1 Å². The lowest BCUT2D eigenvalue weighted by molar-refractivity contribution is -0.154. The largest absolute Gasteiger partial charge is 0.458 e. The number of carbonyl (C=O) groups is 1. The molecule has 0 N–H and O–H groups in total. The maximum atomic E-state index is 12.0. The van der Waals surface area contributed by atoms with Crippen LogP contribution >= 0.6 is 0 Å². The molecule has 0 heterocycles. The second-order valence-corrected chi connectivity index (χ2v) is 4.09. The Labute approximate surface area is 116 Å². The number of carbonyl (C=O) groups excluding carboxylic acids is 2. The van der Waals surface area contributed by atoms with Gasteiger partial charge in [0.25, 0.3) is 0 Å². The molecule has 0 saturated carbocycles. The summed E-state index contributed by atoms with van der Waals surface area (Å²) < 4.78 is 9.85. The Morgan fingerprint density at radius 3 is 2.20 bits per heavy atom. The van der Waals surface area contributed by atoms with Crippen molar-refractivity contribution in [2.24, 2.45) is 0 Å². The standard InChI is InChI=1S/C16H13O4/c17-12-20-15(14-9-5-2-6-10-14)16(18)19-11-13-7-3-1-4-8-13/h1-10,15H,11H2. The fourth-order valence-electron chi connectivity index (χ4n) is 1.73. The van der Waals surface area contributed by atoms with Crippen LogP contribution in [0.15, 0.2) is 60.7 Å². The lowest BCUT2D eigenvalue weighted by Gasteiger charge is -2.14. The number of rotatable bonds is 6. The number of hydrogen-bond donors (Lipinski definition) is 0. The van der Waals surface area contributed by atoms with E-state index in [-0.39, 0.29) is 6.61 Å². The van der Waals surface area contributed by atoms with Crippen molar-refractivity contribution >= 4 is 12.4 Å². The molecule has 2 aromatic rings. The number of benzene rings is 2. The van der Waals surface area contributed by atoms with Crippen LogP contribution < -0.4 is 0 Å². The fourth-order valence-corrected chi connectivity index (χ4v) is 1.73. The van der Waals surface area contributed by atoms with Crippen molar-refractivity contribution in [1.82, 2.24) is 0 Å². The zero-order valence-electron chi connectivity index (χ0n) is 10.7. The van der Waals surface area contributed by atoms with Gasteiger partial charge in [0, 0.05) is 5.56 Å². The first kappa shape index (κ1) is 13.8. The molecule has 0 aliphatic rings. The van der Waals surface area contributed by atoms with Crippen LogP contribution in [0.5, 0.6) is 0 Å². The number of ether oxygens (including phenoxy) is 2. The molecule has 101 valence electrons. The summed E-state index contributed by atoms with van der Waals surface area (Å²) in [7, 11) is 0. The Bertz CT molecular complexity index is 551. The summed E-state index contributed by atoms with van der Waals surface area (Å²) >= 11 is 0. The Hall–Kier alpha value is -2.62. The minimum absolute atomic E-state index is 0.130. The van der Waals surface area contributed by atoms with Crippen molar-refractivity contribution in [3.05, 3.63) is 71.8 Å². The zero-order valence-corrected chi connectivity index (χ0v) is 10.7. The zero-order chi connectivity index (χ0) is 14.2. The molecule has 2 aromatic carbocycles. The summed E-state index contributed by atoms with van der Waals surface area (Å²) in [5, 5.41) is 0. The van der Waals surface area contributed by atoms with Crippen molar-refractivity contribution in [2.45, 2.75) is 12.7 Å². The molecule has 2 rings (SSSR count). The summed E-state index contributed by atoms with van der Waals surface area (Å²) in [6.07, 6.45) is -1.09. The number of esters is 1. The maximum Gasteiger partial charge on any atom is 0.418 e. The summed E-state index contributed by atoms with van der Waals surface area (Å²) in [6.45, 7) is 1.42. The van der Waals surface area contributed by atoms with E-state index in [1.54, 1.807) is 30.3 Å². The molecule has 20 heavy (non-hydrogen) atoms. The van der Waals surface area contributed by atoms with Crippen LogP contribution in [0.3, 0.4) is 0 Å². The SMILES string of the molecule is O=[C]OC(C(=O)OCc1ccccc1)c1ccccc1. The molecule has 0 aliphatic heterocycles. The molecule has 0 amide bonds. The minimum Gasteiger partial charge on any atom is -0.458 e. The number of hydrogen-bond acceptors (Lipinski definition) is 4. The fraction of sp³-hybridized carbons (Fsp3) is 0.125. The van der Waals surface area contributed by atoms with Gasteiger partial charge in [-0.15, -0.1) is 0 Å². The van der Waals surface area contributed by atoms with Gasteiger partial charge in [0.15, 0.2) is 0 Å². The average molecular weight is 269 g/mol. The van der Waals surface area contributed by atoms with Gasteiger partial charge < -0.3 is 9.47 Å². The predicted molar refractivity (Wildman–Crippen MR) is 72.2 cm³/mol. The van der Waals surface area contributed by atoms with Crippen LogP contribution in [-0.4, -0.2) is 12.4 Å². The minimum atomic E-state index is -1.09. The van der Waals surface area contributed by atoms with E-state index in [4.69, 9.17) is 9.47 Å². The van der Waals surface area contributed by atoms with Gasteiger partial charge in [-0.05, 0) is 5.56 Å². The molecule has 0 bridgehead atoms. The second kappa shape index (κ2) is 7.09. The maximum absolute atomic E-state index is 12.0. The molecule has 4 nitrogen and oxygen atoms in total. The van der Waals surface area contributed by atoms with E-state index in [1.807, 2.05) is 30.3 Å². The molecule has 0 fully saturated rings. The lowest BCUT2D eigenvalue weighted by atomic mass is 10.1. The van der Waals surface area contributed by atoms with Gasteiger partial charge in [-0.25, -0.2) is 9.59 Å². The van der Waals surface area contributed by atoms with Crippen LogP contribution in [-0.2, 0) is 25.7 Å². The van der Waals surface area contributed by atoms with Gasteiger partial charge in [0.05, 0.1) is 0 Å². The summed E-state index contributed by atoms with van der Waals surface area (Å²) in [6, 6.07) is 18.0. The Morgan fingerprint density at radius 2 is 1.60 bits per heavy atom. The smallest absolute Gasteiger partial charge is 0.418 e. The van der Waals surface area contributed by atoms with E-state index in [9.17, 15) is 9.59 Å². The second-order valence-electron chi connectivity index (χ2n) is 4.09. The van der Waals surface area contributed by atoms with Crippen molar-refractivity contribution in [3.63, 3.8) is 0 Å². The Kier molecular flexibility index (Phi) is 4.89. The highest BCUT2D eigenvalue weighted by Crippen LogP contribution is 2.18. The first-order valence-corrected chi connectivity index (χ1v) is 6.09. The highest BCUT2D eigenvalue weighted by Gasteiger charge is 2.23. The molecule has 4 heteroatoms. The van der Waals surface area contributed by atoms with E-state index in [0.29, 0.717) is 5.56 Å². The van der Waals surface area contributed by atoms with E-state index >= 15 is 0 Å². The lowest BCUT2D eigenvalue weighted by Crippen LogP contribution is -2.18. The monoisotopic (exact) mass is 269 g/mol. The molecule has 1 unspecified atom stereocenters. The third-order valence-corrected chi connectivity index (χ3v) is 2.71. The molecular weight excluding hydrogens is 256 g/mol. The van der Waals surface area contributed by atoms with Gasteiger partial charge in [0.1, 0.15) is 6.61 Å². The average Bonchev–Trinajstić information content (AvgIpc) is 2.52. The van der Waals surface area contributed by atoms with Gasteiger partial charge in [-0.1, -0.05) is 60.7 Å². The van der Waals surface area contributed by atoms with Crippen LogP contribution in [0.4, 0.5) is 0 Å². The Morgan fingerprint density at radius 1 is 1.00 bits per heavy atom. The first-order valence-electron chi connectivity index (χ1n) is 6.09. The third-order valence-electron chi connectivity index (χ3n) is 2.71. The Balaban J connectivity index is 2.02. The van der Waals surface area contributed by atoms with Crippen LogP contribution in [0, 0.1) is 0 Å². The summed E-state index contributed by atoms with van der Waals surface area (Å²) in [5.41, 5.74) is 1.41. The predicted octanol–water partition coefficient (Wildman–Crippen LogP) is 2.55. The molecule has 1 atom stereocenters. The van der Waals surface area contributed by atoms with Crippen LogP contribution in [0.2, 0.25) is 0 Å². The van der Waals surface area contributed by atoms with Crippen LogP contribution in [0.1, 0.15) is 17.2 Å². The molecular formula is C16H13O4. The first-order chi connectivity index (χ1) is 9.81. The molecule has 0 spiro atoms. The summed E-state index contributed by atoms with van der Waals surface area (Å²) in [5.74, 6) is -0.622. The molecule has 0 saturated heterocycles. The van der Waals surface area contributed by atoms with E-state index < -0.39 is 12.1 Å². The van der Waals surface area contributed by atoms with Crippen molar-refractivity contribution in [1.29, 1.82) is 0 Å². The van der Waals surface area contributed by atoms with Gasteiger partial charge in [-0.3, -0.25) is 0 Å². The van der Waals surface area contributed by atoms with E-state index in [0.717, 1.165) is 5.56 Å². The highest BCUT2D eigenvalue weighted by molar-refractivity contribution is 5.77. The third kappa shape index (κ3) is 3.68. The summed E-state index contributed by atoms with van der Waals surface area (Å²) in [4.78, 5) is 22.4. The van der Waals surface area contributed by atoms with Gasteiger partial charge >= 0.3 is 12.4 Å². The molecule has 1 radical (unpaired) electrons. The van der Waals surface area contributed by atoms with E-state index in [1.165, 1.54) is 6.47 Å². The van der Waals surface area contributed by atoms with Gasteiger partial charge in [-0.2, -0.15) is 0 Å². The normalized spacial score (nSPS) is 11.4. The van der Waals surface area contributed by atoms with Crippen molar-refractivity contribution in [3.8, 4) is 0 Å². The van der Waals surface area contributed by atoms with Gasteiger partial charge in [0.2, 0.25) is 6.10 Å². The molecule has 0 aromatic heterocycles. The van der Waals surface area contributed by atoms with Crippen molar-refractivity contribution in [2.75, 3.05) is 0 Å². The topological polar surface area (TPSA) is 52.6 Å². The quantitative estimate of drug-likeness (QED) is 0.756. The molecule has 0 aliphatic carbocycles. The highest BCUT2D eigenvalue weighted by atomic mass is 16.6. The van der Waals surface area contributed by atoms with E-state index in [2.05, 4.69) is 0 Å².